The van der Waals surface area contributed by atoms with E-state index >= 15 is 0 Å². The third kappa shape index (κ3) is 4.13. The molecule has 0 aliphatic carbocycles. The van der Waals surface area contributed by atoms with Crippen molar-refractivity contribution in [2.75, 3.05) is 13.1 Å². The van der Waals surface area contributed by atoms with Gasteiger partial charge in [-0.2, -0.15) is 0 Å². The molecule has 0 aromatic heterocycles. The van der Waals surface area contributed by atoms with Gasteiger partial charge in [-0.3, -0.25) is 0 Å². The molecule has 1 aliphatic rings. The maximum absolute atomic E-state index is 4.33. The van der Waals surface area contributed by atoms with Crippen LogP contribution in [-0.4, -0.2) is 18.0 Å². The lowest BCUT2D eigenvalue weighted by Crippen LogP contribution is -2.24. The molecule has 1 fully saturated rings. The summed E-state index contributed by atoms with van der Waals surface area (Å²) in [5.41, 5.74) is 4.32. The highest BCUT2D eigenvalue weighted by Gasteiger charge is 2.15. The molecule has 20 heavy (non-hydrogen) atoms. The SMILES string of the molecule is C=C(Cc1cccc(C(C)(C)C)c1)N1CCCCCC1. The first-order valence-corrected chi connectivity index (χ1v) is 7.99. The molecule has 1 heterocycles. The van der Waals surface area contributed by atoms with E-state index in [0.717, 1.165) is 6.42 Å². The normalized spacial score (nSPS) is 16.9. The Labute approximate surface area is 124 Å². The van der Waals surface area contributed by atoms with Crippen LogP contribution in [0, 0.1) is 0 Å². The van der Waals surface area contributed by atoms with Crippen LogP contribution in [0.15, 0.2) is 36.5 Å². The molecule has 1 aromatic rings. The molecule has 0 amide bonds. The molecule has 1 heteroatoms. The first-order valence-electron chi connectivity index (χ1n) is 7.99. The van der Waals surface area contributed by atoms with Crippen molar-refractivity contribution in [3.63, 3.8) is 0 Å². The number of nitrogens with zero attached hydrogens (tertiary/aromatic N) is 1. The van der Waals surface area contributed by atoms with Crippen LogP contribution < -0.4 is 0 Å². The Bertz CT molecular complexity index is 445. The molecule has 0 atom stereocenters. The topological polar surface area (TPSA) is 3.24 Å². The fourth-order valence-electron chi connectivity index (χ4n) is 2.88. The second-order valence-corrected chi connectivity index (χ2v) is 7.09. The van der Waals surface area contributed by atoms with Crippen molar-refractivity contribution in [2.24, 2.45) is 0 Å². The Morgan fingerprint density at radius 1 is 1.10 bits per heavy atom. The lowest BCUT2D eigenvalue weighted by Gasteiger charge is -2.26. The summed E-state index contributed by atoms with van der Waals surface area (Å²) in [6.45, 7) is 13.5. The Balaban J connectivity index is 2.03. The first-order chi connectivity index (χ1) is 9.47. The van der Waals surface area contributed by atoms with Gasteiger partial charge in [0, 0.05) is 25.2 Å². The van der Waals surface area contributed by atoms with E-state index in [9.17, 15) is 0 Å². The van der Waals surface area contributed by atoms with Crippen LogP contribution in [0.25, 0.3) is 0 Å². The van der Waals surface area contributed by atoms with E-state index in [2.05, 4.69) is 56.5 Å². The molecule has 1 nitrogen and oxygen atoms in total. The van der Waals surface area contributed by atoms with Crippen molar-refractivity contribution in [2.45, 2.75) is 58.3 Å². The number of allylic oxidation sites excluding steroid dienone is 1. The van der Waals surface area contributed by atoms with Crippen LogP contribution in [0.4, 0.5) is 0 Å². The van der Waals surface area contributed by atoms with Gasteiger partial charge in [-0.25, -0.2) is 0 Å². The molecular formula is C19H29N. The monoisotopic (exact) mass is 271 g/mol. The second-order valence-electron chi connectivity index (χ2n) is 7.09. The zero-order valence-electron chi connectivity index (χ0n) is 13.4. The second kappa shape index (κ2) is 6.47. The number of likely N-dealkylation sites (tertiary alicyclic amines) is 1. The predicted octanol–water partition coefficient (Wildman–Crippen LogP) is 4.92. The largest absolute Gasteiger partial charge is 0.375 e. The van der Waals surface area contributed by atoms with Crippen molar-refractivity contribution in [1.29, 1.82) is 0 Å². The van der Waals surface area contributed by atoms with Crippen LogP contribution in [0.3, 0.4) is 0 Å². The van der Waals surface area contributed by atoms with Crippen LogP contribution in [-0.2, 0) is 11.8 Å². The number of benzene rings is 1. The highest BCUT2D eigenvalue weighted by molar-refractivity contribution is 5.30. The maximum Gasteiger partial charge on any atom is 0.0174 e. The van der Waals surface area contributed by atoms with E-state index in [0.29, 0.717) is 0 Å². The fraction of sp³-hybridized carbons (Fsp3) is 0.579. The van der Waals surface area contributed by atoms with Crippen molar-refractivity contribution in [3.8, 4) is 0 Å². The molecule has 1 aromatic carbocycles. The van der Waals surface area contributed by atoms with E-state index in [1.807, 2.05) is 0 Å². The summed E-state index contributed by atoms with van der Waals surface area (Å²) in [7, 11) is 0. The Morgan fingerprint density at radius 2 is 1.75 bits per heavy atom. The minimum Gasteiger partial charge on any atom is -0.375 e. The van der Waals surface area contributed by atoms with Crippen molar-refractivity contribution in [3.05, 3.63) is 47.7 Å². The van der Waals surface area contributed by atoms with Gasteiger partial charge in [-0.1, -0.05) is 64.5 Å². The number of hydrogen-bond acceptors (Lipinski definition) is 1. The first kappa shape index (κ1) is 15.2. The quantitative estimate of drug-likeness (QED) is 0.754. The van der Waals surface area contributed by atoms with E-state index in [4.69, 9.17) is 0 Å². The van der Waals surface area contributed by atoms with Crippen LogP contribution in [0.2, 0.25) is 0 Å². The highest BCUT2D eigenvalue weighted by atomic mass is 15.1. The molecule has 1 saturated heterocycles. The van der Waals surface area contributed by atoms with Gasteiger partial charge in [0.25, 0.3) is 0 Å². The summed E-state index contributed by atoms with van der Waals surface area (Å²) in [5, 5.41) is 0. The minimum absolute atomic E-state index is 0.222. The molecule has 0 radical (unpaired) electrons. The highest BCUT2D eigenvalue weighted by Crippen LogP contribution is 2.24. The van der Waals surface area contributed by atoms with Crippen LogP contribution in [0.5, 0.6) is 0 Å². The molecule has 0 unspecified atom stereocenters. The van der Waals surface area contributed by atoms with Gasteiger partial charge in [0.15, 0.2) is 0 Å². The molecule has 110 valence electrons. The molecule has 0 N–H and O–H groups in total. The molecule has 1 aliphatic heterocycles. The molecule has 2 rings (SSSR count). The molecular weight excluding hydrogens is 242 g/mol. The van der Waals surface area contributed by atoms with Gasteiger partial charge in [-0.15, -0.1) is 0 Å². The predicted molar refractivity (Wildman–Crippen MR) is 88.0 cm³/mol. The summed E-state index contributed by atoms with van der Waals surface area (Å²) < 4.78 is 0. The smallest absolute Gasteiger partial charge is 0.0174 e. The summed E-state index contributed by atoms with van der Waals surface area (Å²) >= 11 is 0. The Morgan fingerprint density at radius 3 is 2.35 bits per heavy atom. The Kier molecular flexibility index (Phi) is 4.91. The van der Waals surface area contributed by atoms with E-state index in [-0.39, 0.29) is 5.41 Å². The lowest BCUT2D eigenvalue weighted by molar-refractivity contribution is 0.352. The summed E-state index contributed by atoms with van der Waals surface area (Å²) in [4.78, 5) is 2.50. The molecule has 0 saturated carbocycles. The van der Waals surface area contributed by atoms with Gasteiger partial charge in [0.1, 0.15) is 0 Å². The molecule has 0 spiro atoms. The average molecular weight is 271 g/mol. The lowest BCUT2D eigenvalue weighted by atomic mass is 9.86. The van der Waals surface area contributed by atoms with Gasteiger partial charge in [-0.05, 0) is 29.4 Å². The van der Waals surface area contributed by atoms with Gasteiger partial charge < -0.3 is 4.90 Å². The van der Waals surface area contributed by atoms with E-state index in [1.165, 1.54) is 55.6 Å². The zero-order chi connectivity index (χ0) is 14.6. The van der Waals surface area contributed by atoms with Crippen LogP contribution in [0.1, 0.15) is 57.6 Å². The Hall–Kier alpha value is -1.24. The summed E-state index contributed by atoms with van der Waals surface area (Å²) in [6, 6.07) is 9.01. The number of rotatable bonds is 3. The summed E-state index contributed by atoms with van der Waals surface area (Å²) in [5.74, 6) is 0. The third-order valence-electron chi connectivity index (χ3n) is 4.25. The zero-order valence-corrected chi connectivity index (χ0v) is 13.4. The standard InChI is InChI=1S/C19H29N/c1-16(20-12-7-5-6-8-13-20)14-17-10-9-11-18(15-17)19(2,3)4/h9-11,15H,1,5-8,12-14H2,2-4H3. The fourth-order valence-corrected chi connectivity index (χ4v) is 2.88. The minimum atomic E-state index is 0.222. The van der Waals surface area contributed by atoms with Gasteiger partial charge in [0.05, 0.1) is 0 Å². The van der Waals surface area contributed by atoms with E-state index in [1.54, 1.807) is 0 Å². The van der Waals surface area contributed by atoms with Crippen molar-refractivity contribution in [1.82, 2.24) is 4.90 Å². The average Bonchev–Trinajstić information content (AvgIpc) is 2.67. The third-order valence-corrected chi connectivity index (χ3v) is 4.25. The number of hydrogen-bond donors (Lipinski definition) is 0. The maximum atomic E-state index is 4.33. The van der Waals surface area contributed by atoms with E-state index < -0.39 is 0 Å². The van der Waals surface area contributed by atoms with Crippen molar-refractivity contribution < 1.29 is 0 Å². The van der Waals surface area contributed by atoms with Gasteiger partial charge in [0.2, 0.25) is 0 Å². The summed E-state index contributed by atoms with van der Waals surface area (Å²) in [6.07, 6.45) is 6.39. The van der Waals surface area contributed by atoms with Crippen LogP contribution >= 0.6 is 0 Å². The molecule has 0 bridgehead atoms. The van der Waals surface area contributed by atoms with Gasteiger partial charge >= 0.3 is 0 Å². The van der Waals surface area contributed by atoms with Crippen molar-refractivity contribution >= 4 is 0 Å².